The molecule has 0 spiro atoms. The normalized spacial score (nSPS) is 29.9. The molecule has 0 bridgehead atoms. The van der Waals surface area contributed by atoms with Gasteiger partial charge in [-0.1, -0.05) is 55.3 Å². The molecule has 1 saturated heterocycles. The molecule has 1 aliphatic heterocycles. The summed E-state index contributed by atoms with van der Waals surface area (Å²) in [6.45, 7) is 9.22. The van der Waals surface area contributed by atoms with Crippen LogP contribution in [-0.4, -0.2) is 23.1 Å². The lowest BCUT2D eigenvalue weighted by atomic mass is 9.57. The lowest BCUT2D eigenvalue weighted by Gasteiger charge is -2.54. The van der Waals surface area contributed by atoms with Gasteiger partial charge in [-0.15, -0.1) is 0 Å². The van der Waals surface area contributed by atoms with E-state index < -0.39 is 0 Å². The van der Waals surface area contributed by atoms with Crippen molar-refractivity contribution in [2.24, 2.45) is 11.8 Å². The first-order chi connectivity index (χ1) is 13.0. The van der Waals surface area contributed by atoms with Gasteiger partial charge in [0.1, 0.15) is 5.75 Å². The summed E-state index contributed by atoms with van der Waals surface area (Å²) in [6.07, 6.45) is 5.08. The smallest absolute Gasteiger partial charge is 0.115 e. The minimum Gasteiger partial charge on any atom is -0.508 e. The topological polar surface area (TPSA) is 23.5 Å². The Kier molecular flexibility index (Phi) is 5.03. The SMILES string of the molecule is Cc1ccc(C(C)N2CCC3(c4cccc(O)c4)CC(C)CCC3C2)cc1. The number of nitrogens with zero attached hydrogens (tertiary/aromatic N) is 1. The molecule has 1 heterocycles. The van der Waals surface area contributed by atoms with Crippen LogP contribution in [0.4, 0.5) is 0 Å². The molecular formula is C25H33NO. The number of piperidine rings is 1. The highest BCUT2D eigenvalue weighted by atomic mass is 16.3. The van der Waals surface area contributed by atoms with Crippen molar-refractivity contribution in [3.63, 3.8) is 0 Å². The molecule has 4 atom stereocenters. The van der Waals surface area contributed by atoms with Crippen molar-refractivity contribution in [2.75, 3.05) is 13.1 Å². The molecule has 2 heteroatoms. The van der Waals surface area contributed by atoms with Gasteiger partial charge in [0, 0.05) is 18.0 Å². The van der Waals surface area contributed by atoms with E-state index in [0.717, 1.165) is 19.0 Å². The Labute approximate surface area is 164 Å². The zero-order valence-electron chi connectivity index (χ0n) is 17.0. The largest absolute Gasteiger partial charge is 0.508 e. The van der Waals surface area contributed by atoms with Gasteiger partial charge in [0.2, 0.25) is 0 Å². The quantitative estimate of drug-likeness (QED) is 0.740. The molecule has 2 aromatic rings. The van der Waals surface area contributed by atoms with E-state index in [1.54, 1.807) is 6.07 Å². The van der Waals surface area contributed by atoms with Gasteiger partial charge in [-0.25, -0.2) is 0 Å². The molecule has 1 N–H and O–H groups in total. The number of rotatable bonds is 3. The van der Waals surface area contributed by atoms with Crippen LogP contribution in [0.15, 0.2) is 48.5 Å². The average Bonchev–Trinajstić information content (AvgIpc) is 2.67. The van der Waals surface area contributed by atoms with Crippen molar-refractivity contribution < 1.29 is 5.11 Å². The minimum absolute atomic E-state index is 0.236. The molecule has 2 fully saturated rings. The third-order valence-electron chi connectivity index (χ3n) is 7.33. The summed E-state index contributed by atoms with van der Waals surface area (Å²) in [5.74, 6) is 1.86. The van der Waals surface area contributed by atoms with Gasteiger partial charge >= 0.3 is 0 Å². The van der Waals surface area contributed by atoms with E-state index in [4.69, 9.17) is 0 Å². The molecular weight excluding hydrogens is 330 g/mol. The second-order valence-electron chi connectivity index (χ2n) is 9.12. The third-order valence-corrected chi connectivity index (χ3v) is 7.33. The monoisotopic (exact) mass is 363 g/mol. The van der Waals surface area contributed by atoms with Crippen LogP contribution in [0.2, 0.25) is 0 Å². The first-order valence-corrected chi connectivity index (χ1v) is 10.6. The summed E-state index contributed by atoms with van der Waals surface area (Å²) in [4.78, 5) is 2.69. The summed E-state index contributed by atoms with van der Waals surface area (Å²) < 4.78 is 0. The zero-order valence-corrected chi connectivity index (χ0v) is 17.0. The van der Waals surface area contributed by atoms with Crippen LogP contribution in [0, 0.1) is 18.8 Å². The fraction of sp³-hybridized carbons (Fsp3) is 0.520. The molecule has 27 heavy (non-hydrogen) atoms. The van der Waals surface area contributed by atoms with Gasteiger partial charge in [0.25, 0.3) is 0 Å². The number of hydrogen-bond donors (Lipinski definition) is 1. The zero-order chi connectivity index (χ0) is 19.0. The van der Waals surface area contributed by atoms with Gasteiger partial charge in [-0.05, 0) is 74.8 Å². The van der Waals surface area contributed by atoms with Gasteiger partial charge in [0.05, 0.1) is 0 Å². The summed E-state index contributed by atoms with van der Waals surface area (Å²) in [5.41, 5.74) is 4.35. The van der Waals surface area contributed by atoms with Crippen LogP contribution >= 0.6 is 0 Å². The molecule has 4 unspecified atom stereocenters. The number of phenols is 1. The van der Waals surface area contributed by atoms with Crippen LogP contribution in [0.5, 0.6) is 5.75 Å². The Morgan fingerprint density at radius 2 is 1.89 bits per heavy atom. The predicted molar refractivity (Wildman–Crippen MR) is 112 cm³/mol. The average molecular weight is 364 g/mol. The van der Waals surface area contributed by atoms with Crippen LogP contribution in [0.25, 0.3) is 0 Å². The summed E-state index contributed by atoms with van der Waals surface area (Å²) in [6, 6.07) is 17.6. The van der Waals surface area contributed by atoms with E-state index >= 15 is 0 Å². The number of fused-ring (bicyclic) bond motifs is 1. The maximum absolute atomic E-state index is 10.1. The molecule has 0 radical (unpaired) electrons. The highest BCUT2D eigenvalue weighted by molar-refractivity contribution is 5.35. The Morgan fingerprint density at radius 3 is 2.63 bits per heavy atom. The Balaban J connectivity index is 1.60. The highest BCUT2D eigenvalue weighted by Gasteiger charge is 2.47. The van der Waals surface area contributed by atoms with E-state index in [1.807, 2.05) is 12.1 Å². The molecule has 0 amide bonds. The molecule has 4 rings (SSSR count). The van der Waals surface area contributed by atoms with E-state index in [2.05, 4.69) is 56.0 Å². The van der Waals surface area contributed by atoms with Gasteiger partial charge < -0.3 is 5.11 Å². The highest BCUT2D eigenvalue weighted by Crippen LogP contribution is 2.52. The lowest BCUT2D eigenvalue weighted by molar-refractivity contribution is 0.0207. The maximum Gasteiger partial charge on any atom is 0.115 e. The lowest BCUT2D eigenvalue weighted by Crippen LogP contribution is -2.53. The van der Waals surface area contributed by atoms with Gasteiger partial charge in [0.15, 0.2) is 0 Å². The van der Waals surface area contributed by atoms with Crippen LogP contribution in [0.3, 0.4) is 0 Å². The second-order valence-corrected chi connectivity index (χ2v) is 9.12. The molecule has 2 aromatic carbocycles. The van der Waals surface area contributed by atoms with Gasteiger partial charge in [-0.2, -0.15) is 0 Å². The fourth-order valence-electron chi connectivity index (χ4n) is 5.66. The molecule has 1 saturated carbocycles. The van der Waals surface area contributed by atoms with Crippen molar-refractivity contribution in [1.82, 2.24) is 4.90 Å². The van der Waals surface area contributed by atoms with E-state index in [9.17, 15) is 5.11 Å². The van der Waals surface area contributed by atoms with Gasteiger partial charge in [-0.3, -0.25) is 4.90 Å². The summed E-state index contributed by atoms with van der Waals surface area (Å²) in [7, 11) is 0. The third kappa shape index (κ3) is 3.52. The number of aromatic hydroxyl groups is 1. The Hall–Kier alpha value is -1.80. The summed E-state index contributed by atoms with van der Waals surface area (Å²) >= 11 is 0. The summed E-state index contributed by atoms with van der Waals surface area (Å²) in [5, 5.41) is 10.1. The van der Waals surface area contributed by atoms with Crippen molar-refractivity contribution in [1.29, 1.82) is 0 Å². The fourth-order valence-corrected chi connectivity index (χ4v) is 5.66. The van der Waals surface area contributed by atoms with Crippen molar-refractivity contribution in [3.8, 4) is 5.75 Å². The Bertz CT molecular complexity index is 783. The van der Waals surface area contributed by atoms with E-state index in [0.29, 0.717) is 17.7 Å². The molecule has 0 aromatic heterocycles. The predicted octanol–water partition coefficient (Wildman–Crippen LogP) is 5.84. The number of phenolic OH excluding ortho intramolecular Hbond substituents is 1. The van der Waals surface area contributed by atoms with E-state index in [-0.39, 0.29) is 5.41 Å². The van der Waals surface area contributed by atoms with Crippen molar-refractivity contribution in [3.05, 3.63) is 65.2 Å². The number of hydrogen-bond acceptors (Lipinski definition) is 2. The molecule has 144 valence electrons. The Morgan fingerprint density at radius 1 is 1.11 bits per heavy atom. The van der Waals surface area contributed by atoms with Crippen molar-refractivity contribution in [2.45, 2.75) is 57.9 Å². The standard InChI is InChI=1S/C25H33NO/c1-18-7-10-21(11-8-18)20(3)26-14-13-25(22-5-4-6-24(27)15-22)16-19(2)9-12-23(25)17-26/h4-8,10-11,15,19-20,23,27H,9,12-14,16-17H2,1-3H3. The number of likely N-dealkylation sites (tertiary alicyclic amines) is 1. The first kappa shape index (κ1) is 18.6. The van der Waals surface area contributed by atoms with Crippen LogP contribution < -0.4 is 0 Å². The van der Waals surface area contributed by atoms with Crippen LogP contribution in [-0.2, 0) is 5.41 Å². The number of aryl methyl sites for hydroxylation is 1. The first-order valence-electron chi connectivity index (χ1n) is 10.6. The molecule has 1 aliphatic carbocycles. The van der Waals surface area contributed by atoms with Crippen LogP contribution in [0.1, 0.15) is 62.3 Å². The minimum atomic E-state index is 0.236. The molecule has 2 aliphatic rings. The van der Waals surface area contributed by atoms with E-state index in [1.165, 1.54) is 42.4 Å². The number of benzene rings is 2. The van der Waals surface area contributed by atoms with Crippen molar-refractivity contribution >= 4 is 0 Å². The second kappa shape index (κ2) is 7.31. The maximum atomic E-state index is 10.1. The molecule has 2 nitrogen and oxygen atoms in total.